The van der Waals surface area contributed by atoms with Gasteiger partial charge in [0.25, 0.3) is 0 Å². The first-order chi connectivity index (χ1) is 11.5. The van der Waals surface area contributed by atoms with Gasteiger partial charge in [0.15, 0.2) is 0 Å². The van der Waals surface area contributed by atoms with Gasteiger partial charge in [-0.2, -0.15) is 0 Å². The zero-order chi connectivity index (χ0) is 17.1. The molecule has 134 valence electrons. The van der Waals surface area contributed by atoms with Crippen molar-refractivity contribution in [3.05, 3.63) is 33.5 Å². The summed E-state index contributed by atoms with van der Waals surface area (Å²) in [6.07, 6.45) is 5.20. The fourth-order valence-electron chi connectivity index (χ4n) is 4.11. The van der Waals surface area contributed by atoms with Crippen LogP contribution in [0, 0.1) is 5.92 Å². The van der Waals surface area contributed by atoms with Crippen molar-refractivity contribution in [1.29, 1.82) is 0 Å². The SMILES string of the molecule is CC(C)=CCN1C[C@H]2CC[C@@H]1CN(Cc1cc(CN(C)C)cs1)C2. The number of fused-ring (bicyclic) bond motifs is 4. The van der Waals surface area contributed by atoms with Crippen LogP contribution in [0.3, 0.4) is 0 Å². The Balaban J connectivity index is 1.60. The summed E-state index contributed by atoms with van der Waals surface area (Å²) in [5, 5.41) is 2.34. The minimum Gasteiger partial charge on any atom is -0.305 e. The predicted molar refractivity (Wildman–Crippen MR) is 105 cm³/mol. The molecule has 3 saturated heterocycles. The molecule has 1 aromatic rings. The second-order valence-corrected chi connectivity index (χ2v) is 9.18. The van der Waals surface area contributed by atoms with E-state index in [1.165, 1.54) is 48.5 Å². The molecule has 3 nitrogen and oxygen atoms in total. The molecule has 3 aliphatic rings. The Bertz CT molecular complexity index is 559. The summed E-state index contributed by atoms with van der Waals surface area (Å²) in [5.41, 5.74) is 2.90. The summed E-state index contributed by atoms with van der Waals surface area (Å²) in [5.74, 6) is 0.857. The maximum atomic E-state index is 2.73. The normalized spacial score (nSPS) is 25.2. The van der Waals surface area contributed by atoms with Crippen LogP contribution in [0.4, 0.5) is 0 Å². The van der Waals surface area contributed by atoms with Crippen LogP contribution in [-0.4, -0.2) is 61.0 Å². The van der Waals surface area contributed by atoms with E-state index in [2.05, 4.69) is 60.2 Å². The largest absolute Gasteiger partial charge is 0.305 e. The number of nitrogens with zero attached hydrogens (tertiary/aromatic N) is 3. The molecule has 2 atom stereocenters. The minimum atomic E-state index is 0.751. The van der Waals surface area contributed by atoms with Crippen LogP contribution < -0.4 is 0 Å². The van der Waals surface area contributed by atoms with E-state index in [0.29, 0.717) is 0 Å². The molecule has 0 amide bonds. The van der Waals surface area contributed by atoms with E-state index in [1.807, 2.05) is 11.3 Å². The Morgan fingerprint density at radius 1 is 1.25 bits per heavy atom. The van der Waals surface area contributed by atoms with Crippen molar-refractivity contribution in [2.24, 2.45) is 5.92 Å². The Hall–Kier alpha value is -0.680. The van der Waals surface area contributed by atoms with Crippen LogP contribution in [0.5, 0.6) is 0 Å². The van der Waals surface area contributed by atoms with Gasteiger partial charge < -0.3 is 4.90 Å². The molecular weight excluding hydrogens is 314 g/mol. The van der Waals surface area contributed by atoms with E-state index in [0.717, 1.165) is 31.6 Å². The number of rotatable bonds is 6. The quantitative estimate of drug-likeness (QED) is 0.727. The van der Waals surface area contributed by atoms with Gasteiger partial charge in [0.1, 0.15) is 0 Å². The van der Waals surface area contributed by atoms with Crippen molar-refractivity contribution in [2.75, 3.05) is 40.3 Å². The summed E-state index contributed by atoms with van der Waals surface area (Å²) in [6.45, 7) is 11.6. The van der Waals surface area contributed by atoms with Gasteiger partial charge in [-0.15, -0.1) is 11.3 Å². The van der Waals surface area contributed by atoms with Crippen LogP contribution in [0.2, 0.25) is 0 Å². The van der Waals surface area contributed by atoms with Gasteiger partial charge in [-0.1, -0.05) is 11.6 Å². The topological polar surface area (TPSA) is 9.72 Å². The molecule has 0 unspecified atom stereocenters. The second-order valence-electron chi connectivity index (χ2n) is 8.19. The average molecular weight is 348 g/mol. The highest BCUT2D eigenvalue weighted by Crippen LogP contribution is 2.29. The van der Waals surface area contributed by atoms with Gasteiger partial charge in [-0.25, -0.2) is 0 Å². The first-order valence-corrected chi connectivity index (χ1v) is 10.2. The Morgan fingerprint density at radius 2 is 2.08 bits per heavy atom. The zero-order valence-electron chi connectivity index (χ0n) is 15.8. The first-order valence-electron chi connectivity index (χ1n) is 9.30. The molecule has 4 heteroatoms. The van der Waals surface area contributed by atoms with Crippen LogP contribution >= 0.6 is 11.3 Å². The molecular formula is C20H33N3S. The van der Waals surface area contributed by atoms with E-state index in [4.69, 9.17) is 0 Å². The van der Waals surface area contributed by atoms with Crippen LogP contribution in [0.25, 0.3) is 0 Å². The Morgan fingerprint density at radius 3 is 2.83 bits per heavy atom. The van der Waals surface area contributed by atoms with Crippen LogP contribution in [-0.2, 0) is 13.1 Å². The molecule has 3 aliphatic heterocycles. The highest BCUT2D eigenvalue weighted by molar-refractivity contribution is 7.10. The molecule has 3 fully saturated rings. The summed E-state index contributed by atoms with van der Waals surface area (Å²) in [6, 6.07) is 3.17. The predicted octanol–water partition coefficient (Wildman–Crippen LogP) is 3.67. The van der Waals surface area contributed by atoms with Crippen LogP contribution in [0.15, 0.2) is 23.1 Å². The average Bonchev–Trinajstić information content (AvgIpc) is 2.75. The third-order valence-corrected chi connectivity index (χ3v) is 6.19. The van der Waals surface area contributed by atoms with Crippen molar-refractivity contribution < 1.29 is 0 Å². The van der Waals surface area contributed by atoms with Gasteiger partial charge in [-0.05, 0) is 63.7 Å². The monoisotopic (exact) mass is 347 g/mol. The van der Waals surface area contributed by atoms with Gasteiger partial charge >= 0.3 is 0 Å². The Kier molecular flexibility index (Phi) is 6.14. The molecule has 4 rings (SSSR count). The smallest absolute Gasteiger partial charge is 0.0328 e. The first kappa shape index (κ1) is 18.1. The Labute approximate surface area is 151 Å². The highest BCUT2D eigenvalue weighted by Gasteiger charge is 2.34. The van der Waals surface area contributed by atoms with Gasteiger partial charge in [0.05, 0.1) is 0 Å². The lowest BCUT2D eigenvalue weighted by molar-refractivity contribution is 0.146. The summed E-state index contributed by atoms with van der Waals surface area (Å²) in [4.78, 5) is 9.23. The maximum Gasteiger partial charge on any atom is 0.0328 e. The van der Waals surface area contributed by atoms with Crippen molar-refractivity contribution in [2.45, 2.75) is 45.8 Å². The number of hydrogen-bond acceptors (Lipinski definition) is 4. The fraction of sp³-hybridized carbons (Fsp3) is 0.700. The number of allylic oxidation sites excluding steroid dienone is 1. The second kappa shape index (κ2) is 8.13. The van der Waals surface area contributed by atoms with Crippen molar-refractivity contribution in [3.63, 3.8) is 0 Å². The molecule has 0 N–H and O–H groups in total. The van der Waals surface area contributed by atoms with E-state index < -0.39 is 0 Å². The van der Waals surface area contributed by atoms with Gasteiger partial charge in [-0.3, -0.25) is 9.80 Å². The highest BCUT2D eigenvalue weighted by atomic mass is 32.1. The number of piperidine rings is 1. The molecule has 0 spiro atoms. The number of thiophene rings is 1. The van der Waals surface area contributed by atoms with Crippen molar-refractivity contribution in [3.8, 4) is 0 Å². The summed E-state index contributed by atoms with van der Waals surface area (Å²) < 4.78 is 0. The maximum absolute atomic E-state index is 2.73. The molecule has 0 radical (unpaired) electrons. The van der Waals surface area contributed by atoms with Gasteiger partial charge in [0, 0.05) is 50.2 Å². The van der Waals surface area contributed by atoms with E-state index in [9.17, 15) is 0 Å². The molecule has 0 aromatic carbocycles. The van der Waals surface area contributed by atoms with Crippen LogP contribution in [0.1, 0.15) is 37.1 Å². The molecule has 0 saturated carbocycles. The summed E-state index contributed by atoms with van der Waals surface area (Å²) in [7, 11) is 4.29. The number of hydrogen-bond donors (Lipinski definition) is 0. The van der Waals surface area contributed by atoms with E-state index in [-0.39, 0.29) is 0 Å². The molecule has 0 aliphatic carbocycles. The molecule has 2 bridgehead atoms. The summed E-state index contributed by atoms with van der Waals surface area (Å²) >= 11 is 1.94. The third kappa shape index (κ3) is 4.92. The lowest BCUT2D eigenvalue weighted by Gasteiger charge is -2.35. The van der Waals surface area contributed by atoms with Crippen molar-refractivity contribution in [1.82, 2.24) is 14.7 Å². The zero-order valence-corrected chi connectivity index (χ0v) is 16.6. The molecule has 24 heavy (non-hydrogen) atoms. The minimum absolute atomic E-state index is 0.751. The van der Waals surface area contributed by atoms with Crippen molar-refractivity contribution >= 4 is 11.3 Å². The molecule has 1 aromatic heterocycles. The lowest BCUT2D eigenvalue weighted by atomic mass is 9.95. The standard InChI is InChI=1S/C20H33N3S/c1-16(2)7-8-23-12-17-5-6-19(23)13-22(11-17)14-20-9-18(15-24-20)10-21(3)4/h7,9,15,17,19H,5-6,8,10-14H2,1-4H3/t17-,19+/m0/s1. The van der Waals surface area contributed by atoms with E-state index >= 15 is 0 Å². The lowest BCUT2D eigenvalue weighted by Crippen LogP contribution is -2.43. The van der Waals surface area contributed by atoms with E-state index in [1.54, 1.807) is 0 Å². The fourth-order valence-corrected chi connectivity index (χ4v) is 5.03. The molecule has 4 heterocycles. The third-order valence-electron chi connectivity index (χ3n) is 5.22. The van der Waals surface area contributed by atoms with Gasteiger partial charge in [0.2, 0.25) is 0 Å².